The first-order chi connectivity index (χ1) is 10.1. The second-order valence-electron chi connectivity index (χ2n) is 5.94. The summed E-state index contributed by atoms with van der Waals surface area (Å²) in [5.41, 5.74) is 0. The summed E-state index contributed by atoms with van der Waals surface area (Å²) >= 11 is 0. The summed E-state index contributed by atoms with van der Waals surface area (Å²) in [6.45, 7) is 4.04. The molecule has 1 N–H and O–H groups in total. The van der Waals surface area contributed by atoms with Crippen molar-refractivity contribution in [2.45, 2.75) is 63.3 Å². The van der Waals surface area contributed by atoms with E-state index in [2.05, 4.69) is 0 Å². The Morgan fingerprint density at radius 3 is 2.62 bits per heavy atom. The van der Waals surface area contributed by atoms with Gasteiger partial charge in [-0.15, -0.1) is 0 Å². The fourth-order valence-corrected chi connectivity index (χ4v) is 2.69. The van der Waals surface area contributed by atoms with E-state index in [-0.39, 0.29) is 12.9 Å². The highest BCUT2D eigenvalue weighted by atomic mass is 16.7. The van der Waals surface area contributed by atoms with Crippen LogP contribution in [0.25, 0.3) is 0 Å². The van der Waals surface area contributed by atoms with Gasteiger partial charge in [0.1, 0.15) is 6.61 Å². The first-order valence-electron chi connectivity index (χ1n) is 7.84. The minimum absolute atomic E-state index is 0.118. The highest BCUT2D eigenvalue weighted by Crippen LogP contribution is 2.27. The highest BCUT2D eigenvalue weighted by molar-refractivity contribution is 4.73. The van der Waals surface area contributed by atoms with Crippen LogP contribution in [0.1, 0.15) is 45.4 Å². The number of ether oxygens (including phenoxy) is 5. The predicted molar refractivity (Wildman–Crippen MR) is 75.7 cm³/mol. The molecule has 0 bridgehead atoms. The number of rotatable bonds is 8. The molecule has 21 heavy (non-hydrogen) atoms. The lowest BCUT2D eigenvalue weighted by molar-refractivity contribution is -0.262. The molecule has 2 atom stereocenters. The molecule has 0 radical (unpaired) electrons. The van der Waals surface area contributed by atoms with E-state index in [1.54, 1.807) is 0 Å². The minimum atomic E-state index is -1.28. The van der Waals surface area contributed by atoms with E-state index < -0.39 is 11.6 Å². The topological polar surface area (TPSA) is 66.4 Å². The van der Waals surface area contributed by atoms with Gasteiger partial charge in [0.25, 0.3) is 0 Å². The van der Waals surface area contributed by atoms with Gasteiger partial charge in [-0.2, -0.15) is 0 Å². The zero-order valence-electron chi connectivity index (χ0n) is 13.1. The van der Waals surface area contributed by atoms with Gasteiger partial charge in [0.15, 0.2) is 17.9 Å². The minimum Gasteiger partial charge on any atom is -0.364 e. The molecule has 0 aromatic carbocycles. The van der Waals surface area contributed by atoms with Gasteiger partial charge in [-0.05, 0) is 32.6 Å². The molecule has 0 aromatic rings. The molecule has 2 aliphatic rings. The van der Waals surface area contributed by atoms with Crippen LogP contribution in [0, 0.1) is 0 Å². The molecular formula is C15H28O6. The lowest BCUT2D eigenvalue weighted by atomic mass is 10.1. The Hall–Kier alpha value is -0.240. The van der Waals surface area contributed by atoms with Crippen LogP contribution in [0.2, 0.25) is 0 Å². The van der Waals surface area contributed by atoms with Crippen LogP contribution in [-0.2, 0) is 23.7 Å². The Morgan fingerprint density at radius 1 is 1.24 bits per heavy atom. The van der Waals surface area contributed by atoms with Crippen molar-refractivity contribution in [2.75, 3.05) is 33.5 Å². The Morgan fingerprint density at radius 2 is 2.00 bits per heavy atom. The average Bonchev–Trinajstić information content (AvgIpc) is 2.93. The van der Waals surface area contributed by atoms with E-state index in [4.69, 9.17) is 23.7 Å². The lowest BCUT2D eigenvalue weighted by Gasteiger charge is -2.31. The summed E-state index contributed by atoms with van der Waals surface area (Å²) in [5.74, 6) is -1.81. The molecule has 2 fully saturated rings. The molecule has 0 saturated carbocycles. The normalized spacial score (nSPS) is 28.4. The van der Waals surface area contributed by atoms with Crippen molar-refractivity contribution < 1.29 is 28.8 Å². The van der Waals surface area contributed by atoms with E-state index in [0.717, 1.165) is 38.7 Å². The summed E-state index contributed by atoms with van der Waals surface area (Å²) in [4.78, 5) is 0. The van der Waals surface area contributed by atoms with Gasteiger partial charge in [-0.1, -0.05) is 0 Å². The molecule has 0 aliphatic carbocycles. The fourth-order valence-electron chi connectivity index (χ4n) is 2.69. The Bertz CT molecular complexity index is 299. The monoisotopic (exact) mass is 304 g/mol. The molecule has 0 spiro atoms. The molecule has 2 saturated heterocycles. The van der Waals surface area contributed by atoms with Gasteiger partial charge in [0, 0.05) is 26.6 Å². The highest BCUT2D eigenvalue weighted by Gasteiger charge is 2.33. The number of hydrogen-bond donors (Lipinski definition) is 1. The van der Waals surface area contributed by atoms with Crippen LogP contribution in [0.3, 0.4) is 0 Å². The molecule has 0 aromatic heterocycles. The van der Waals surface area contributed by atoms with Crippen LogP contribution in [0.15, 0.2) is 0 Å². The maximum absolute atomic E-state index is 10.4. The third-order valence-electron chi connectivity index (χ3n) is 4.11. The summed E-state index contributed by atoms with van der Waals surface area (Å²) < 4.78 is 27.4. The summed E-state index contributed by atoms with van der Waals surface area (Å²) in [7, 11) is 1.50. The summed E-state index contributed by atoms with van der Waals surface area (Å²) in [5, 5.41) is 10.4. The first kappa shape index (κ1) is 17.1. The van der Waals surface area contributed by atoms with E-state index in [1.807, 2.05) is 6.92 Å². The van der Waals surface area contributed by atoms with Gasteiger partial charge < -0.3 is 28.8 Å². The largest absolute Gasteiger partial charge is 0.364 e. The quantitative estimate of drug-likeness (QED) is 0.690. The summed E-state index contributed by atoms with van der Waals surface area (Å²) in [6, 6.07) is 0. The Kier molecular flexibility index (Phi) is 6.40. The van der Waals surface area contributed by atoms with Gasteiger partial charge in [-0.3, -0.25) is 0 Å². The maximum atomic E-state index is 10.4. The average molecular weight is 304 g/mol. The molecule has 2 unspecified atom stereocenters. The van der Waals surface area contributed by atoms with Crippen molar-refractivity contribution in [1.29, 1.82) is 0 Å². The number of methoxy groups -OCH3 is 1. The van der Waals surface area contributed by atoms with E-state index >= 15 is 0 Å². The zero-order chi connectivity index (χ0) is 15.2. The molecule has 0 amide bonds. The third kappa shape index (κ3) is 5.47. The summed E-state index contributed by atoms with van der Waals surface area (Å²) in [6.07, 6.45) is 4.75. The fraction of sp³-hybridized carbons (Fsp3) is 1.00. The molecule has 2 heterocycles. The van der Waals surface area contributed by atoms with Crippen molar-refractivity contribution in [1.82, 2.24) is 0 Å². The second-order valence-corrected chi connectivity index (χ2v) is 5.94. The number of hydrogen-bond acceptors (Lipinski definition) is 6. The predicted octanol–water partition coefficient (Wildman–Crippen LogP) is 1.80. The third-order valence-corrected chi connectivity index (χ3v) is 4.11. The molecule has 2 aliphatic heterocycles. The van der Waals surface area contributed by atoms with Crippen LogP contribution < -0.4 is 0 Å². The van der Waals surface area contributed by atoms with Crippen molar-refractivity contribution in [3.8, 4) is 0 Å². The van der Waals surface area contributed by atoms with Crippen LogP contribution in [0.4, 0.5) is 0 Å². The second kappa shape index (κ2) is 7.85. The van der Waals surface area contributed by atoms with Crippen molar-refractivity contribution in [3.63, 3.8) is 0 Å². The molecule has 2 rings (SSSR count). The van der Waals surface area contributed by atoms with E-state index in [1.165, 1.54) is 7.11 Å². The zero-order valence-corrected chi connectivity index (χ0v) is 13.1. The molecule has 124 valence electrons. The Labute approximate surface area is 126 Å². The lowest BCUT2D eigenvalue weighted by Crippen LogP contribution is -2.40. The van der Waals surface area contributed by atoms with Gasteiger partial charge in [-0.25, -0.2) is 0 Å². The van der Waals surface area contributed by atoms with Gasteiger partial charge in [0.05, 0.1) is 13.2 Å². The van der Waals surface area contributed by atoms with Crippen LogP contribution in [0.5, 0.6) is 0 Å². The van der Waals surface area contributed by atoms with E-state index in [9.17, 15) is 5.11 Å². The van der Waals surface area contributed by atoms with Gasteiger partial charge in [0.2, 0.25) is 0 Å². The smallest absolute Gasteiger partial charge is 0.189 e. The van der Waals surface area contributed by atoms with Gasteiger partial charge >= 0.3 is 0 Å². The molecular weight excluding hydrogens is 276 g/mol. The number of aliphatic hydroxyl groups is 1. The molecule has 6 nitrogen and oxygen atoms in total. The van der Waals surface area contributed by atoms with Crippen LogP contribution >= 0.6 is 0 Å². The van der Waals surface area contributed by atoms with Crippen LogP contribution in [-0.4, -0.2) is 56.5 Å². The van der Waals surface area contributed by atoms with Crippen molar-refractivity contribution in [3.05, 3.63) is 0 Å². The first-order valence-corrected chi connectivity index (χ1v) is 7.84. The van der Waals surface area contributed by atoms with E-state index in [0.29, 0.717) is 19.6 Å². The van der Waals surface area contributed by atoms with Crippen molar-refractivity contribution in [2.24, 2.45) is 0 Å². The Balaban J connectivity index is 1.69. The molecule has 6 heteroatoms. The maximum Gasteiger partial charge on any atom is 0.189 e. The SMILES string of the molecule is COC(O)(CCCC1(C)OCCO1)COC1CCCCO1. The standard InChI is InChI=1S/C15H28O6/c1-14(20-10-11-21-14)7-5-8-15(16,17-2)12-19-13-6-3-4-9-18-13/h13,16H,3-12H2,1-2H3. The van der Waals surface area contributed by atoms with Crippen molar-refractivity contribution >= 4 is 0 Å².